The molecule has 1 aromatic carbocycles. The third-order valence-electron chi connectivity index (χ3n) is 2.98. The largest absolute Gasteiger partial charge is 0.353 e. The van der Waals surface area contributed by atoms with E-state index in [0.29, 0.717) is 6.04 Å². The summed E-state index contributed by atoms with van der Waals surface area (Å²) >= 11 is 3.52. The van der Waals surface area contributed by atoms with Crippen LogP contribution < -0.4 is 5.32 Å². The van der Waals surface area contributed by atoms with E-state index in [9.17, 15) is 0 Å². The van der Waals surface area contributed by atoms with Crippen LogP contribution in [0.3, 0.4) is 0 Å². The lowest BCUT2D eigenvalue weighted by molar-refractivity contribution is 0.993. The van der Waals surface area contributed by atoms with Gasteiger partial charge in [-0.15, -0.1) is 0 Å². The molecule has 1 saturated carbocycles. The summed E-state index contributed by atoms with van der Waals surface area (Å²) in [4.78, 5) is 4.38. The van der Waals surface area contributed by atoms with Crippen LogP contribution in [0.1, 0.15) is 18.4 Å². The van der Waals surface area contributed by atoms with E-state index in [1.54, 1.807) is 0 Å². The molecule has 1 aromatic heterocycles. The molecule has 1 heterocycles. The second-order valence-electron chi connectivity index (χ2n) is 4.47. The van der Waals surface area contributed by atoms with Gasteiger partial charge in [-0.1, -0.05) is 22.0 Å². The van der Waals surface area contributed by atoms with Gasteiger partial charge in [0.15, 0.2) is 0 Å². The topological polar surface area (TPSA) is 29.9 Å². The van der Waals surface area contributed by atoms with Crippen molar-refractivity contribution in [2.75, 3.05) is 5.32 Å². The van der Waals surface area contributed by atoms with Crippen molar-refractivity contribution < 1.29 is 0 Å². The summed E-state index contributed by atoms with van der Waals surface area (Å²) in [5.74, 6) is 0.939. The van der Waals surface area contributed by atoms with Gasteiger partial charge in [-0.05, 0) is 37.5 Å². The molecule has 4 heteroatoms. The molecule has 2 aromatic rings. The van der Waals surface area contributed by atoms with Gasteiger partial charge in [0, 0.05) is 22.9 Å². The minimum absolute atomic E-state index is 0.614. The fraction of sp³-hybridized carbons (Fsp3) is 0.308. The van der Waals surface area contributed by atoms with Crippen molar-refractivity contribution in [3.8, 4) is 5.69 Å². The van der Waals surface area contributed by atoms with E-state index in [-0.39, 0.29) is 0 Å². The number of imidazole rings is 1. The fourth-order valence-electron chi connectivity index (χ4n) is 1.86. The number of aromatic nitrogens is 2. The number of anilines is 1. The molecule has 0 bridgehead atoms. The Kier molecular flexibility index (Phi) is 2.67. The highest BCUT2D eigenvalue weighted by Gasteiger charge is 2.23. The van der Waals surface area contributed by atoms with Crippen LogP contribution in [-0.2, 0) is 0 Å². The van der Waals surface area contributed by atoms with Crippen LogP contribution in [0, 0.1) is 6.92 Å². The number of rotatable bonds is 3. The average molecular weight is 292 g/mol. The third kappa shape index (κ3) is 2.22. The van der Waals surface area contributed by atoms with E-state index in [2.05, 4.69) is 55.9 Å². The molecule has 0 amide bonds. The van der Waals surface area contributed by atoms with Crippen molar-refractivity contribution in [2.24, 2.45) is 0 Å². The molecule has 1 aliphatic carbocycles. The predicted molar refractivity (Wildman–Crippen MR) is 72.6 cm³/mol. The van der Waals surface area contributed by atoms with Crippen molar-refractivity contribution in [1.29, 1.82) is 0 Å². The number of halogens is 1. The van der Waals surface area contributed by atoms with Crippen LogP contribution in [0.5, 0.6) is 0 Å². The molecule has 1 fully saturated rings. The zero-order valence-electron chi connectivity index (χ0n) is 9.65. The Morgan fingerprint density at radius 3 is 3.00 bits per heavy atom. The Morgan fingerprint density at radius 1 is 1.41 bits per heavy atom. The minimum Gasteiger partial charge on any atom is -0.353 e. The number of hydrogen-bond donors (Lipinski definition) is 1. The van der Waals surface area contributed by atoms with Gasteiger partial charge in [0.2, 0.25) is 5.95 Å². The zero-order valence-corrected chi connectivity index (χ0v) is 11.2. The molecule has 0 atom stereocenters. The molecule has 0 unspecified atom stereocenters. The molecular formula is C13H14BrN3. The van der Waals surface area contributed by atoms with Gasteiger partial charge in [-0.3, -0.25) is 4.57 Å². The SMILES string of the molecule is Cc1ccc(Br)cc1-n1ccnc1NC1CC1. The lowest BCUT2D eigenvalue weighted by Gasteiger charge is -2.12. The van der Waals surface area contributed by atoms with Gasteiger partial charge in [-0.2, -0.15) is 0 Å². The first-order valence-electron chi connectivity index (χ1n) is 5.80. The highest BCUT2D eigenvalue weighted by Crippen LogP contribution is 2.27. The molecule has 1 N–H and O–H groups in total. The molecule has 88 valence electrons. The molecule has 0 spiro atoms. The number of nitrogens with one attached hydrogen (secondary N) is 1. The lowest BCUT2D eigenvalue weighted by Crippen LogP contribution is -2.08. The van der Waals surface area contributed by atoms with E-state index in [4.69, 9.17) is 0 Å². The van der Waals surface area contributed by atoms with E-state index >= 15 is 0 Å². The van der Waals surface area contributed by atoms with Gasteiger partial charge in [0.05, 0.1) is 5.69 Å². The van der Waals surface area contributed by atoms with E-state index in [0.717, 1.165) is 10.4 Å². The highest BCUT2D eigenvalue weighted by molar-refractivity contribution is 9.10. The molecular weight excluding hydrogens is 278 g/mol. The Balaban J connectivity index is 2.01. The van der Waals surface area contributed by atoms with Crippen molar-refractivity contribution >= 4 is 21.9 Å². The van der Waals surface area contributed by atoms with Crippen LogP contribution in [0.4, 0.5) is 5.95 Å². The fourth-order valence-corrected chi connectivity index (χ4v) is 2.21. The van der Waals surface area contributed by atoms with E-state index in [1.165, 1.54) is 24.1 Å². The lowest BCUT2D eigenvalue weighted by atomic mass is 10.2. The molecule has 0 saturated heterocycles. The molecule has 1 aliphatic rings. The summed E-state index contributed by atoms with van der Waals surface area (Å²) in [6.45, 7) is 2.11. The molecule has 3 rings (SSSR count). The predicted octanol–water partition coefficient (Wildman–Crippen LogP) is 3.52. The van der Waals surface area contributed by atoms with E-state index < -0.39 is 0 Å². The van der Waals surface area contributed by atoms with Gasteiger partial charge in [-0.25, -0.2) is 4.98 Å². The summed E-state index contributed by atoms with van der Waals surface area (Å²) in [5.41, 5.74) is 2.41. The number of aryl methyl sites for hydroxylation is 1. The van der Waals surface area contributed by atoms with Crippen molar-refractivity contribution in [1.82, 2.24) is 9.55 Å². The number of benzene rings is 1. The van der Waals surface area contributed by atoms with Crippen molar-refractivity contribution in [2.45, 2.75) is 25.8 Å². The van der Waals surface area contributed by atoms with E-state index in [1.807, 2.05) is 12.4 Å². The Hall–Kier alpha value is -1.29. The first-order chi connectivity index (χ1) is 8.24. The second kappa shape index (κ2) is 4.18. The van der Waals surface area contributed by atoms with Gasteiger partial charge in [0.25, 0.3) is 0 Å². The summed E-state index contributed by atoms with van der Waals surface area (Å²) in [5, 5.41) is 3.45. The highest BCUT2D eigenvalue weighted by atomic mass is 79.9. The third-order valence-corrected chi connectivity index (χ3v) is 3.48. The minimum atomic E-state index is 0.614. The Morgan fingerprint density at radius 2 is 2.24 bits per heavy atom. The molecule has 17 heavy (non-hydrogen) atoms. The van der Waals surface area contributed by atoms with Crippen LogP contribution in [-0.4, -0.2) is 15.6 Å². The summed E-state index contributed by atoms with van der Waals surface area (Å²) in [6, 6.07) is 6.91. The first-order valence-corrected chi connectivity index (χ1v) is 6.60. The summed E-state index contributed by atoms with van der Waals surface area (Å²) in [6.07, 6.45) is 6.35. The van der Waals surface area contributed by atoms with Crippen molar-refractivity contribution in [3.63, 3.8) is 0 Å². The quantitative estimate of drug-likeness (QED) is 0.938. The van der Waals surface area contributed by atoms with Crippen LogP contribution >= 0.6 is 15.9 Å². The number of hydrogen-bond acceptors (Lipinski definition) is 2. The van der Waals surface area contributed by atoms with Gasteiger partial charge >= 0.3 is 0 Å². The van der Waals surface area contributed by atoms with Crippen molar-refractivity contribution in [3.05, 3.63) is 40.6 Å². The van der Waals surface area contributed by atoms with Crippen LogP contribution in [0.15, 0.2) is 35.1 Å². The maximum absolute atomic E-state index is 4.38. The summed E-state index contributed by atoms with van der Waals surface area (Å²) in [7, 11) is 0. The maximum atomic E-state index is 4.38. The van der Waals surface area contributed by atoms with Crippen LogP contribution in [0.2, 0.25) is 0 Å². The average Bonchev–Trinajstić information content (AvgIpc) is 3.00. The standard InChI is InChI=1S/C13H14BrN3/c1-9-2-3-10(14)8-12(9)17-7-6-15-13(17)16-11-4-5-11/h2-3,6-8,11H,4-5H2,1H3,(H,15,16). The Bertz CT molecular complexity index is 543. The number of nitrogens with zero attached hydrogens (tertiary/aromatic N) is 2. The molecule has 3 nitrogen and oxygen atoms in total. The Labute approximate surface area is 109 Å². The van der Waals surface area contributed by atoms with Gasteiger partial charge in [0.1, 0.15) is 0 Å². The maximum Gasteiger partial charge on any atom is 0.207 e. The van der Waals surface area contributed by atoms with Crippen LogP contribution in [0.25, 0.3) is 5.69 Å². The first kappa shape index (κ1) is 10.8. The monoisotopic (exact) mass is 291 g/mol. The molecule has 0 radical (unpaired) electrons. The molecule has 0 aliphatic heterocycles. The van der Waals surface area contributed by atoms with Gasteiger partial charge < -0.3 is 5.32 Å². The smallest absolute Gasteiger partial charge is 0.207 e. The normalized spacial score (nSPS) is 14.9. The summed E-state index contributed by atoms with van der Waals surface area (Å²) < 4.78 is 3.20. The zero-order chi connectivity index (χ0) is 11.8. The second-order valence-corrected chi connectivity index (χ2v) is 5.39.